The molecule has 0 bridgehead atoms. The Kier molecular flexibility index (Phi) is 13.8. The van der Waals surface area contributed by atoms with E-state index in [1.807, 2.05) is 26.0 Å². The molecule has 0 unspecified atom stereocenters. The van der Waals surface area contributed by atoms with Gasteiger partial charge in [0.2, 0.25) is 0 Å². The van der Waals surface area contributed by atoms with Crippen LogP contribution in [0.25, 0.3) is 0 Å². The summed E-state index contributed by atoms with van der Waals surface area (Å²) in [6, 6.07) is 8.46. The van der Waals surface area contributed by atoms with Gasteiger partial charge in [-0.1, -0.05) is 77.6 Å². The van der Waals surface area contributed by atoms with Gasteiger partial charge in [0.25, 0.3) is 0 Å². The third-order valence-corrected chi connectivity index (χ3v) is 6.32. The lowest BCUT2D eigenvalue weighted by atomic mass is 9.95. The molecule has 0 saturated carbocycles. The lowest BCUT2D eigenvalue weighted by Crippen LogP contribution is -1.97. The molecule has 2 N–H and O–H groups in total. The Morgan fingerprint density at radius 2 is 0.812 bits per heavy atom. The molecule has 180 valence electrons. The summed E-state index contributed by atoms with van der Waals surface area (Å²) in [6.07, 6.45) is 13.8. The van der Waals surface area contributed by atoms with Crippen LogP contribution in [0.1, 0.15) is 112 Å². The Morgan fingerprint density at radius 1 is 0.500 bits per heavy atom. The second kappa shape index (κ2) is 15.8. The van der Waals surface area contributed by atoms with E-state index in [-0.39, 0.29) is 0 Å². The maximum Gasteiger partial charge on any atom is 0.121 e. The molecule has 2 rings (SSSR count). The van der Waals surface area contributed by atoms with Crippen LogP contribution in [0.2, 0.25) is 0 Å². The molecule has 0 atom stereocenters. The van der Waals surface area contributed by atoms with E-state index in [9.17, 15) is 10.2 Å². The van der Waals surface area contributed by atoms with Gasteiger partial charge in [0.15, 0.2) is 0 Å². The van der Waals surface area contributed by atoms with Gasteiger partial charge in [0.05, 0.1) is 0 Å². The number of phenols is 2. The molecule has 0 aliphatic rings. The number of unbranched alkanes of at least 4 members (excludes halogenated alkanes) is 4. The molecule has 0 aliphatic carbocycles. The summed E-state index contributed by atoms with van der Waals surface area (Å²) in [7, 11) is 0. The molecule has 0 aliphatic heterocycles. The van der Waals surface area contributed by atoms with Crippen LogP contribution in [0.3, 0.4) is 0 Å². The van der Waals surface area contributed by atoms with E-state index >= 15 is 0 Å². The van der Waals surface area contributed by atoms with E-state index in [2.05, 4.69) is 39.8 Å². The highest BCUT2D eigenvalue weighted by molar-refractivity contribution is 5.46. The minimum Gasteiger partial charge on any atom is -0.507 e. The van der Waals surface area contributed by atoms with Crippen LogP contribution >= 0.6 is 0 Å². The number of hydrogen-bond acceptors (Lipinski definition) is 2. The van der Waals surface area contributed by atoms with Gasteiger partial charge in [-0.15, -0.1) is 0 Å². The molecule has 32 heavy (non-hydrogen) atoms. The minimum absolute atomic E-state index is 0.530. The number of hydrogen-bond donors (Lipinski definition) is 2. The molecule has 0 heterocycles. The number of phenolic OH excluding ortho intramolecular Hbond substituents is 2. The first-order valence-electron chi connectivity index (χ1n) is 13.0. The monoisotopic (exact) mass is 440 g/mol. The molecule has 0 aromatic heterocycles. The van der Waals surface area contributed by atoms with Crippen LogP contribution in [0.15, 0.2) is 24.3 Å². The summed E-state index contributed by atoms with van der Waals surface area (Å²) in [5.41, 5.74) is 7.08. The van der Waals surface area contributed by atoms with Crippen LogP contribution in [0.4, 0.5) is 0 Å². The summed E-state index contributed by atoms with van der Waals surface area (Å²) in [4.78, 5) is 0. The van der Waals surface area contributed by atoms with E-state index < -0.39 is 0 Å². The molecule has 2 heteroatoms. The van der Waals surface area contributed by atoms with Crippen LogP contribution < -0.4 is 0 Å². The van der Waals surface area contributed by atoms with Crippen molar-refractivity contribution >= 4 is 0 Å². The highest BCUT2D eigenvalue weighted by atomic mass is 16.3. The Morgan fingerprint density at radius 3 is 1.12 bits per heavy atom. The van der Waals surface area contributed by atoms with Crippen molar-refractivity contribution in [1.82, 2.24) is 0 Å². The third-order valence-electron chi connectivity index (χ3n) is 6.32. The Balaban J connectivity index is 0.000000320. The van der Waals surface area contributed by atoms with E-state index in [0.717, 1.165) is 49.7 Å². The Bertz CT molecular complexity index is 724. The third kappa shape index (κ3) is 8.88. The molecule has 2 aromatic rings. The second-order valence-corrected chi connectivity index (χ2v) is 9.15. The van der Waals surface area contributed by atoms with Crippen molar-refractivity contribution < 1.29 is 10.2 Å². The van der Waals surface area contributed by atoms with Gasteiger partial charge in [0, 0.05) is 0 Å². The van der Waals surface area contributed by atoms with Crippen LogP contribution in [-0.2, 0) is 25.7 Å². The van der Waals surface area contributed by atoms with Crippen molar-refractivity contribution in [1.29, 1.82) is 0 Å². The summed E-state index contributed by atoms with van der Waals surface area (Å²) in [5, 5.41) is 20.2. The van der Waals surface area contributed by atoms with Crippen molar-refractivity contribution in [2.75, 3.05) is 0 Å². The van der Waals surface area contributed by atoms with Gasteiger partial charge in [-0.25, -0.2) is 0 Å². The van der Waals surface area contributed by atoms with E-state index in [1.165, 1.54) is 60.8 Å². The summed E-state index contributed by atoms with van der Waals surface area (Å²) in [6.45, 7) is 12.8. The van der Waals surface area contributed by atoms with E-state index in [1.54, 1.807) is 0 Å². The molecule has 0 saturated heterocycles. The average Bonchev–Trinajstić information content (AvgIpc) is 2.79. The zero-order valence-corrected chi connectivity index (χ0v) is 21.7. The molecular formula is C30H48O2. The van der Waals surface area contributed by atoms with Crippen molar-refractivity contribution in [2.45, 2.75) is 119 Å². The van der Waals surface area contributed by atoms with Gasteiger partial charge in [-0.3, -0.25) is 0 Å². The van der Waals surface area contributed by atoms with Gasteiger partial charge in [-0.05, 0) is 98.6 Å². The largest absolute Gasteiger partial charge is 0.507 e. The summed E-state index contributed by atoms with van der Waals surface area (Å²) >= 11 is 0. The zero-order valence-electron chi connectivity index (χ0n) is 21.7. The SMILES string of the molecule is CCCCc1ccc(C)c(O)c1CCCC.CCCCc1ccc(C)c(O)c1CCCC. The first kappa shape index (κ1) is 28.1. The second-order valence-electron chi connectivity index (χ2n) is 9.15. The standard InChI is InChI=1S/2C15H24O/c2*1-4-6-8-13-11-10-12(3)15(16)14(13)9-7-5-2/h2*10-11,16H,4-9H2,1-3H3. The normalized spacial score (nSPS) is 10.7. The predicted molar refractivity (Wildman–Crippen MR) is 140 cm³/mol. The smallest absolute Gasteiger partial charge is 0.121 e. The fraction of sp³-hybridized carbons (Fsp3) is 0.600. The highest BCUT2D eigenvalue weighted by Crippen LogP contribution is 2.29. The number of aryl methyl sites for hydroxylation is 4. The van der Waals surface area contributed by atoms with E-state index in [0.29, 0.717) is 11.5 Å². The topological polar surface area (TPSA) is 40.5 Å². The van der Waals surface area contributed by atoms with Crippen molar-refractivity contribution in [3.8, 4) is 11.5 Å². The Hall–Kier alpha value is -1.96. The highest BCUT2D eigenvalue weighted by Gasteiger charge is 2.10. The maximum absolute atomic E-state index is 10.1. The Labute approximate surface area is 198 Å². The first-order chi connectivity index (χ1) is 15.4. The van der Waals surface area contributed by atoms with Crippen molar-refractivity contribution in [3.63, 3.8) is 0 Å². The van der Waals surface area contributed by atoms with Crippen LogP contribution in [0, 0.1) is 13.8 Å². The lowest BCUT2D eigenvalue weighted by molar-refractivity contribution is 0.460. The average molecular weight is 441 g/mol. The van der Waals surface area contributed by atoms with Gasteiger partial charge >= 0.3 is 0 Å². The molecular weight excluding hydrogens is 392 g/mol. The molecule has 0 fully saturated rings. The molecule has 0 amide bonds. The fourth-order valence-electron chi connectivity index (χ4n) is 4.06. The molecule has 2 aromatic carbocycles. The molecule has 0 radical (unpaired) electrons. The van der Waals surface area contributed by atoms with Crippen LogP contribution in [-0.4, -0.2) is 10.2 Å². The predicted octanol–water partition coefficient (Wildman–Crippen LogP) is 8.77. The van der Waals surface area contributed by atoms with Crippen molar-refractivity contribution in [3.05, 3.63) is 57.6 Å². The van der Waals surface area contributed by atoms with E-state index in [4.69, 9.17) is 0 Å². The van der Waals surface area contributed by atoms with Crippen molar-refractivity contribution in [2.24, 2.45) is 0 Å². The van der Waals surface area contributed by atoms with Gasteiger partial charge < -0.3 is 10.2 Å². The number of aromatic hydroxyl groups is 2. The van der Waals surface area contributed by atoms with Crippen LogP contribution in [0.5, 0.6) is 11.5 Å². The quantitative estimate of drug-likeness (QED) is 0.346. The molecule has 2 nitrogen and oxygen atoms in total. The fourth-order valence-corrected chi connectivity index (χ4v) is 4.06. The summed E-state index contributed by atoms with van der Waals surface area (Å²) < 4.78 is 0. The van der Waals surface area contributed by atoms with Gasteiger partial charge in [0.1, 0.15) is 11.5 Å². The lowest BCUT2D eigenvalue weighted by Gasteiger charge is -2.13. The minimum atomic E-state index is 0.530. The number of benzene rings is 2. The zero-order chi connectivity index (χ0) is 23.9. The first-order valence-corrected chi connectivity index (χ1v) is 13.0. The summed E-state index contributed by atoms with van der Waals surface area (Å²) in [5.74, 6) is 1.06. The maximum atomic E-state index is 10.1. The number of rotatable bonds is 12. The van der Waals surface area contributed by atoms with Gasteiger partial charge in [-0.2, -0.15) is 0 Å². The molecule has 0 spiro atoms.